The molecular formula is C23H26N4. The number of benzene rings is 2. The van der Waals surface area contributed by atoms with Gasteiger partial charge < -0.3 is 10.2 Å². The topological polar surface area (TPSA) is 41.1 Å². The minimum absolute atomic E-state index is 0.689. The molecule has 4 rings (SSSR count). The van der Waals surface area contributed by atoms with E-state index in [9.17, 15) is 0 Å². The van der Waals surface area contributed by atoms with Gasteiger partial charge in [0.05, 0.1) is 5.69 Å². The van der Waals surface area contributed by atoms with Crippen LogP contribution in [0.2, 0.25) is 0 Å². The summed E-state index contributed by atoms with van der Waals surface area (Å²) in [5.41, 5.74) is 3.31. The molecule has 1 saturated heterocycles. The molecule has 0 unspecified atom stereocenters. The molecule has 0 radical (unpaired) electrons. The van der Waals surface area contributed by atoms with Gasteiger partial charge in [0.2, 0.25) is 5.95 Å². The summed E-state index contributed by atoms with van der Waals surface area (Å²) in [7, 11) is 0. The minimum atomic E-state index is 0.689. The van der Waals surface area contributed by atoms with Crippen molar-refractivity contribution in [3.8, 4) is 11.3 Å². The highest BCUT2D eigenvalue weighted by molar-refractivity contribution is 5.64. The summed E-state index contributed by atoms with van der Waals surface area (Å²) in [6, 6.07) is 22.8. The van der Waals surface area contributed by atoms with E-state index in [0.29, 0.717) is 5.95 Å². The molecule has 0 spiro atoms. The molecule has 2 aromatic carbocycles. The molecule has 1 aliphatic rings. The van der Waals surface area contributed by atoms with Crippen LogP contribution in [0.5, 0.6) is 0 Å². The van der Waals surface area contributed by atoms with Crippen molar-refractivity contribution in [3.63, 3.8) is 0 Å². The van der Waals surface area contributed by atoms with E-state index in [4.69, 9.17) is 9.97 Å². The molecule has 0 aliphatic carbocycles. The van der Waals surface area contributed by atoms with Crippen LogP contribution in [0.25, 0.3) is 11.3 Å². The zero-order valence-electron chi connectivity index (χ0n) is 15.8. The molecule has 0 bridgehead atoms. The van der Waals surface area contributed by atoms with Crippen LogP contribution < -0.4 is 10.2 Å². The Bertz CT molecular complexity index is 856. The van der Waals surface area contributed by atoms with Crippen LogP contribution in [0.15, 0.2) is 66.7 Å². The van der Waals surface area contributed by atoms with Crippen LogP contribution in [0, 0.1) is 5.92 Å². The molecule has 3 aromatic rings. The highest BCUT2D eigenvalue weighted by Gasteiger charge is 2.18. The number of hydrogen-bond donors (Lipinski definition) is 1. The number of piperidine rings is 1. The number of anilines is 2. The Labute approximate surface area is 161 Å². The molecule has 27 heavy (non-hydrogen) atoms. The first-order valence-corrected chi connectivity index (χ1v) is 9.75. The predicted molar refractivity (Wildman–Crippen MR) is 112 cm³/mol. The molecule has 1 aromatic heterocycles. The van der Waals surface area contributed by atoms with Crippen LogP contribution in [-0.4, -0.2) is 23.1 Å². The second-order valence-electron chi connectivity index (χ2n) is 7.31. The average molecular weight is 358 g/mol. The zero-order valence-corrected chi connectivity index (χ0v) is 15.8. The molecular weight excluding hydrogens is 332 g/mol. The van der Waals surface area contributed by atoms with Gasteiger partial charge in [-0.05, 0) is 24.3 Å². The molecule has 0 atom stereocenters. The Morgan fingerprint density at radius 2 is 1.59 bits per heavy atom. The van der Waals surface area contributed by atoms with Gasteiger partial charge in [-0.15, -0.1) is 0 Å². The number of hydrogen-bond acceptors (Lipinski definition) is 4. The van der Waals surface area contributed by atoms with Gasteiger partial charge >= 0.3 is 0 Å². The summed E-state index contributed by atoms with van der Waals surface area (Å²) >= 11 is 0. The first-order valence-electron chi connectivity index (χ1n) is 9.75. The van der Waals surface area contributed by atoms with E-state index in [0.717, 1.165) is 42.6 Å². The molecule has 4 nitrogen and oxygen atoms in total. The van der Waals surface area contributed by atoms with Crippen molar-refractivity contribution in [1.29, 1.82) is 0 Å². The van der Waals surface area contributed by atoms with Gasteiger partial charge in [-0.2, -0.15) is 4.98 Å². The molecule has 1 fully saturated rings. The quantitative estimate of drug-likeness (QED) is 0.697. The standard InChI is InChI=1S/C23H26N4/c1-18-12-14-27(15-13-18)22-16-21(20-10-6-3-7-11-20)25-23(26-22)24-17-19-8-4-2-5-9-19/h2-11,16,18H,12-15,17H2,1H3,(H,24,25,26). The number of rotatable bonds is 5. The Kier molecular flexibility index (Phi) is 5.33. The Balaban J connectivity index is 1.62. The molecule has 4 heteroatoms. The van der Waals surface area contributed by atoms with Crippen LogP contribution in [0.1, 0.15) is 25.3 Å². The lowest BCUT2D eigenvalue weighted by molar-refractivity contribution is 0.436. The molecule has 0 saturated carbocycles. The van der Waals surface area contributed by atoms with E-state index in [1.807, 2.05) is 12.1 Å². The van der Waals surface area contributed by atoms with E-state index in [-0.39, 0.29) is 0 Å². The molecule has 0 amide bonds. The maximum atomic E-state index is 4.83. The maximum absolute atomic E-state index is 4.83. The lowest BCUT2D eigenvalue weighted by Gasteiger charge is -2.31. The molecule has 1 N–H and O–H groups in total. The van der Waals surface area contributed by atoms with Gasteiger partial charge in [0.15, 0.2) is 0 Å². The van der Waals surface area contributed by atoms with E-state index in [1.54, 1.807) is 0 Å². The highest BCUT2D eigenvalue weighted by atomic mass is 15.2. The van der Waals surface area contributed by atoms with Crippen LogP contribution in [0.4, 0.5) is 11.8 Å². The van der Waals surface area contributed by atoms with Gasteiger partial charge in [-0.3, -0.25) is 0 Å². The summed E-state index contributed by atoms with van der Waals surface area (Å²) in [5, 5.41) is 3.41. The van der Waals surface area contributed by atoms with Crippen LogP contribution in [0.3, 0.4) is 0 Å². The van der Waals surface area contributed by atoms with Crippen molar-refractivity contribution >= 4 is 11.8 Å². The van der Waals surface area contributed by atoms with E-state index in [1.165, 1.54) is 18.4 Å². The molecule has 2 heterocycles. The van der Waals surface area contributed by atoms with Crippen LogP contribution in [-0.2, 0) is 6.54 Å². The first-order chi connectivity index (χ1) is 13.3. The van der Waals surface area contributed by atoms with Gasteiger partial charge in [0, 0.05) is 31.3 Å². The number of nitrogens with one attached hydrogen (secondary N) is 1. The Hall–Kier alpha value is -2.88. The Morgan fingerprint density at radius 3 is 2.30 bits per heavy atom. The maximum Gasteiger partial charge on any atom is 0.225 e. The van der Waals surface area contributed by atoms with Crippen molar-refractivity contribution in [1.82, 2.24) is 9.97 Å². The van der Waals surface area contributed by atoms with Crippen molar-refractivity contribution in [2.75, 3.05) is 23.3 Å². The second-order valence-corrected chi connectivity index (χ2v) is 7.31. The third-order valence-electron chi connectivity index (χ3n) is 5.18. The first kappa shape index (κ1) is 17.5. The average Bonchev–Trinajstić information content (AvgIpc) is 2.74. The number of nitrogens with zero attached hydrogens (tertiary/aromatic N) is 3. The zero-order chi connectivity index (χ0) is 18.5. The lowest BCUT2D eigenvalue weighted by Crippen LogP contribution is -2.33. The monoisotopic (exact) mass is 358 g/mol. The third-order valence-corrected chi connectivity index (χ3v) is 5.18. The largest absolute Gasteiger partial charge is 0.356 e. The van der Waals surface area contributed by atoms with Gasteiger partial charge in [-0.25, -0.2) is 4.98 Å². The minimum Gasteiger partial charge on any atom is -0.356 e. The summed E-state index contributed by atoms with van der Waals surface area (Å²) in [5.74, 6) is 2.51. The number of aromatic nitrogens is 2. The Morgan fingerprint density at radius 1 is 0.926 bits per heavy atom. The fourth-order valence-corrected chi connectivity index (χ4v) is 3.45. The molecule has 1 aliphatic heterocycles. The normalized spacial score (nSPS) is 14.9. The second kappa shape index (κ2) is 8.21. The molecule has 138 valence electrons. The van der Waals surface area contributed by atoms with Crippen molar-refractivity contribution < 1.29 is 0 Å². The van der Waals surface area contributed by atoms with E-state index >= 15 is 0 Å². The SMILES string of the molecule is CC1CCN(c2cc(-c3ccccc3)nc(NCc3ccccc3)n2)CC1. The fourth-order valence-electron chi connectivity index (χ4n) is 3.45. The fraction of sp³-hybridized carbons (Fsp3) is 0.304. The highest BCUT2D eigenvalue weighted by Crippen LogP contribution is 2.27. The summed E-state index contributed by atoms with van der Waals surface area (Å²) in [4.78, 5) is 12.0. The van der Waals surface area contributed by atoms with Crippen LogP contribution >= 0.6 is 0 Å². The van der Waals surface area contributed by atoms with Gasteiger partial charge in [-0.1, -0.05) is 67.6 Å². The van der Waals surface area contributed by atoms with Crippen molar-refractivity contribution in [3.05, 3.63) is 72.3 Å². The van der Waals surface area contributed by atoms with Gasteiger partial charge in [0.1, 0.15) is 5.82 Å². The predicted octanol–water partition coefficient (Wildman–Crippen LogP) is 4.99. The smallest absolute Gasteiger partial charge is 0.225 e. The summed E-state index contributed by atoms with van der Waals surface area (Å²) in [6.45, 7) is 5.17. The lowest BCUT2D eigenvalue weighted by atomic mass is 9.99. The van der Waals surface area contributed by atoms with E-state index in [2.05, 4.69) is 71.7 Å². The van der Waals surface area contributed by atoms with Crippen molar-refractivity contribution in [2.24, 2.45) is 5.92 Å². The third kappa shape index (κ3) is 4.45. The van der Waals surface area contributed by atoms with Crippen molar-refractivity contribution in [2.45, 2.75) is 26.3 Å². The van der Waals surface area contributed by atoms with Gasteiger partial charge in [0.25, 0.3) is 0 Å². The summed E-state index contributed by atoms with van der Waals surface area (Å²) in [6.07, 6.45) is 2.44. The summed E-state index contributed by atoms with van der Waals surface area (Å²) < 4.78 is 0. The van der Waals surface area contributed by atoms with E-state index < -0.39 is 0 Å².